The highest BCUT2D eigenvalue weighted by Crippen LogP contribution is 2.21. The van der Waals surface area contributed by atoms with Crippen LogP contribution in [0.15, 0.2) is 0 Å². The maximum absolute atomic E-state index is 11.5. The van der Waals surface area contributed by atoms with E-state index in [-0.39, 0.29) is 17.3 Å². The van der Waals surface area contributed by atoms with Gasteiger partial charge in [-0.2, -0.15) is 11.8 Å². The maximum Gasteiger partial charge on any atom is 0.319 e. The van der Waals surface area contributed by atoms with Crippen LogP contribution in [0.3, 0.4) is 0 Å². The van der Waals surface area contributed by atoms with Crippen molar-refractivity contribution in [1.29, 1.82) is 0 Å². The van der Waals surface area contributed by atoms with Crippen LogP contribution in [0, 0.1) is 0 Å². The Morgan fingerprint density at radius 3 is 2.36 bits per heavy atom. The van der Waals surface area contributed by atoms with Gasteiger partial charge in [0.2, 0.25) is 0 Å². The van der Waals surface area contributed by atoms with Crippen molar-refractivity contribution < 1.29 is 9.53 Å². The Morgan fingerprint density at radius 1 is 1.29 bits per heavy atom. The van der Waals surface area contributed by atoms with Crippen molar-refractivity contribution >= 4 is 17.7 Å². The molecule has 0 amide bonds. The van der Waals surface area contributed by atoms with Gasteiger partial charge in [-0.1, -0.05) is 12.8 Å². The molecule has 82 valence electrons. The molecule has 1 fully saturated rings. The molecule has 0 spiro atoms. The first kappa shape index (κ1) is 11.9. The van der Waals surface area contributed by atoms with E-state index in [1.165, 1.54) is 25.7 Å². The first-order valence-corrected chi connectivity index (χ1v) is 6.76. The van der Waals surface area contributed by atoms with Crippen molar-refractivity contribution in [2.24, 2.45) is 0 Å². The Labute approximate surface area is 90.8 Å². The lowest BCUT2D eigenvalue weighted by atomic mass is 10.1. The zero-order valence-corrected chi connectivity index (χ0v) is 9.94. The van der Waals surface area contributed by atoms with Crippen molar-refractivity contribution in [2.45, 2.75) is 56.8 Å². The Morgan fingerprint density at radius 2 is 1.86 bits per heavy atom. The van der Waals surface area contributed by atoms with Crippen molar-refractivity contribution in [3.05, 3.63) is 0 Å². The van der Waals surface area contributed by atoms with Gasteiger partial charge in [0, 0.05) is 0 Å². The Bertz CT molecular complexity index is 174. The normalized spacial score (nSPS) is 21.3. The number of thioether (sulfide) groups is 1. The number of carbonyl (C=O) groups is 1. The van der Waals surface area contributed by atoms with Crippen molar-refractivity contribution in [2.75, 3.05) is 6.26 Å². The zero-order valence-electron chi connectivity index (χ0n) is 9.12. The minimum absolute atomic E-state index is 0.0155. The molecule has 2 nitrogen and oxygen atoms in total. The van der Waals surface area contributed by atoms with Gasteiger partial charge in [-0.3, -0.25) is 4.79 Å². The standard InChI is InChI=1S/C11H20O2S/c1-9(14-2)11(12)13-10-7-5-3-4-6-8-10/h9-10H,3-8H2,1-2H3. The average molecular weight is 216 g/mol. The highest BCUT2D eigenvalue weighted by molar-refractivity contribution is 7.99. The Kier molecular flexibility index (Phi) is 5.38. The molecule has 0 aliphatic heterocycles. The minimum atomic E-state index is -0.0376. The number of hydrogen-bond donors (Lipinski definition) is 0. The summed E-state index contributed by atoms with van der Waals surface area (Å²) in [5.74, 6) is -0.0376. The molecule has 0 N–H and O–H groups in total. The third-order valence-electron chi connectivity index (χ3n) is 2.77. The van der Waals surface area contributed by atoms with Crippen LogP contribution in [-0.2, 0) is 9.53 Å². The number of esters is 1. The van der Waals surface area contributed by atoms with Crippen LogP contribution in [0.4, 0.5) is 0 Å². The summed E-state index contributed by atoms with van der Waals surface area (Å²) in [5, 5.41) is -0.0155. The van der Waals surface area contributed by atoms with Crippen LogP contribution in [-0.4, -0.2) is 23.6 Å². The Hall–Kier alpha value is -0.180. The summed E-state index contributed by atoms with van der Waals surface area (Å²) in [6.07, 6.45) is 9.29. The van der Waals surface area contributed by atoms with Gasteiger partial charge in [-0.25, -0.2) is 0 Å². The van der Waals surface area contributed by atoms with Crippen molar-refractivity contribution in [3.8, 4) is 0 Å². The summed E-state index contributed by atoms with van der Waals surface area (Å²) in [7, 11) is 0. The molecule has 1 aliphatic carbocycles. The first-order valence-electron chi connectivity index (χ1n) is 5.47. The molecule has 1 saturated carbocycles. The van der Waals surface area contributed by atoms with Gasteiger partial charge < -0.3 is 4.74 Å². The van der Waals surface area contributed by atoms with E-state index in [1.54, 1.807) is 11.8 Å². The molecule has 0 radical (unpaired) electrons. The summed E-state index contributed by atoms with van der Waals surface area (Å²) < 4.78 is 5.46. The molecule has 0 aromatic carbocycles. The molecular weight excluding hydrogens is 196 g/mol. The fraction of sp³-hybridized carbons (Fsp3) is 0.909. The van der Waals surface area contributed by atoms with E-state index in [0.717, 1.165) is 12.8 Å². The summed E-state index contributed by atoms with van der Waals surface area (Å²) in [6, 6.07) is 0. The molecule has 0 saturated heterocycles. The molecule has 1 unspecified atom stereocenters. The minimum Gasteiger partial charge on any atom is -0.462 e. The summed E-state index contributed by atoms with van der Waals surface area (Å²) in [6.45, 7) is 1.91. The van der Waals surface area contributed by atoms with E-state index < -0.39 is 0 Å². The van der Waals surface area contributed by atoms with E-state index in [0.29, 0.717) is 0 Å². The maximum atomic E-state index is 11.5. The van der Waals surface area contributed by atoms with Crippen LogP contribution in [0.25, 0.3) is 0 Å². The summed E-state index contributed by atoms with van der Waals surface area (Å²) >= 11 is 1.55. The quantitative estimate of drug-likeness (QED) is 0.536. The molecule has 0 heterocycles. The molecule has 3 heteroatoms. The predicted octanol–water partition coefficient (Wildman–Crippen LogP) is 3.00. The largest absolute Gasteiger partial charge is 0.462 e. The molecular formula is C11H20O2S. The third kappa shape index (κ3) is 3.91. The van der Waals surface area contributed by atoms with Gasteiger partial charge in [-0.15, -0.1) is 0 Å². The van der Waals surface area contributed by atoms with Gasteiger partial charge in [0.05, 0.1) is 5.25 Å². The van der Waals surface area contributed by atoms with E-state index in [9.17, 15) is 4.79 Å². The van der Waals surface area contributed by atoms with E-state index >= 15 is 0 Å². The summed E-state index contributed by atoms with van der Waals surface area (Å²) in [5.41, 5.74) is 0. The second-order valence-corrected chi connectivity index (χ2v) is 5.11. The fourth-order valence-electron chi connectivity index (χ4n) is 1.72. The molecule has 1 atom stereocenters. The highest BCUT2D eigenvalue weighted by atomic mass is 32.2. The van der Waals surface area contributed by atoms with Gasteiger partial charge in [0.1, 0.15) is 6.10 Å². The van der Waals surface area contributed by atoms with Gasteiger partial charge >= 0.3 is 5.97 Å². The molecule has 0 bridgehead atoms. The first-order chi connectivity index (χ1) is 6.74. The van der Waals surface area contributed by atoms with E-state index in [4.69, 9.17) is 4.74 Å². The molecule has 0 aromatic heterocycles. The number of ether oxygens (including phenoxy) is 1. The molecule has 14 heavy (non-hydrogen) atoms. The van der Waals surface area contributed by atoms with E-state index in [2.05, 4.69) is 0 Å². The third-order valence-corrected chi connectivity index (χ3v) is 3.67. The lowest BCUT2D eigenvalue weighted by Crippen LogP contribution is -2.23. The monoisotopic (exact) mass is 216 g/mol. The van der Waals surface area contributed by atoms with Crippen LogP contribution in [0.5, 0.6) is 0 Å². The van der Waals surface area contributed by atoms with Gasteiger partial charge in [-0.05, 0) is 38.9 Å². The van der Waals surface area contributed by atoms with Gasteiger partial charge in [0.25, 0.3) is 0 Å². The van der Waals surface area contributed by atoms with Crippen LogP contribution < -0.4 is 0 Å². The van der Waals surface area contributed by atoms with Crippen LogP contribution in [0.1, 0.15) is 45.4 Å². The van der Waals surface area contributed by atoms with E-state index in [1.807, 2.05) is 13.2 Å². The predicted molar refractivity (Wildman–Crippen MR) is 60.6 cm³/mol. The molecule has 1 aliphatic rings. The van der Waals surface area contributed by atoms with Crippen LogP contribution in [0.2, 0.25) is 0 Å². The second-order valence-electron chi connectivity index (χ2n) is 3.93. The lowest BCUT2D eigenvalue weighted by Gasteiger charge is -2.17. The second kappa shape index (κ2) is 6.33. The van der Waals surface area contributed by atoms with Crippen molar-refractivity contribution in [1.82, 2.24) is 0 Å². The lowest BCUT2D eigenvalue weighted by molar-refractivity contribution is -0.148. The fourth-order valence-corrected chi connectivity index (χ4v) is 1.96. The SMILES string of the molecule is CSC(C)C(=O)OC1CCCCCC1. The number of rotatable bonds is 3. The zero-order chi connectivity index (χ0) is 10.4. The highest BCUT2D eigenvalue weighted by Gasteiger charge is 2.19. The Balaban J connectivity index is 2.30. The number of carbonyl (C=O) groups excluding carboxylic acids is 1. The average Bonchev–Trinajstić information content (AvgIpc) is 2.45. The number of hydrogen-bond acceptors (Lipinski definition) is 3. The van der Waals surface area contributed by atoms with Crippen LogP contribution >= 0.6 is 11.8 Å². The molecule has 1 rings (SSSR count). The van der Waals surface area contributed by atoms with Crippen molar-refractivity contribution in [3.63, 3.8) is 0 Å². The smallest absolute Gasteiger partial charge is 0.319 e. The summed E-state index contributed by atoms with van der Waals surface area (Å²) in [4.78, 5) is 11.5. The van der Waals surface area contributed by atoms with Gasteiger partial charge in [0.15, 0.2) is 0 Å². The topological polar surface area (TPSA) is 26.3 Å². The molecule has 0 aromatic rings.